The number of fused-ring (bicyclic) bond motifs is 1. The predicted octanol–water partition coefficient (Wildman–Crippen LogP) is 4.33. The van der Waals surface area contributed by atoms with Crippen LogP contribution in [-0.2, 0) is 5.88 Å². The molecule has 2 aliphatic rings. The van der Waals surface area contributed by atoms with Crippen LogP contribution in [0, 0.1) is 11.7 Å². The summed E-state index contributed by atoms with van der Waals surface area (Å²) in [5.74, 6) is 1.04. The number of anilines is 1. The molecule has 0 amide bonds. The van der Waals surface area contributed by atoms with Crippen molar-refractivity contribution in [3.05, 3.63) is 29.6 Å². The van der Waals surface area contributed by atoms with E-state index < -0.39 is 0 Å². The molecule has 0 N–H and O–H groups in total. The number of hydrogen-bond acceptors (Lipinski definition) is 1. The fourth-order valence-electron chi connectivity index (χ4n) is 3.60. The summed E-state index contributed by atoms with van der Waals surface area (Å²) < 4.78 is 13.6. The molecule has 0 radical (unpaired) electrons. The number of nitrogens with zero attached hydrogens (tertiary/aromatic N) is 1. The van der Waals surface area contributed by atoms with Crippen molar-refractivity contribution in [3.8, 4) is 0 Å². The number of halogens is 2. The molecule has 1 aliphatic heterocycles. The maximum Gasteiger partial charge on any atom is 0.125 e. The van der Waals surface area contributed by atoms with Crippen molar-refractivity contribution in [2.45, 2.75) is 44.0 Å². The molecule has 3 heteroatoms. The van der Waals surface area contributed by atoms with Crippen LogP contribution in [0.5, 0.6) is 0 Å². The Kier molecular flexibility index (Phi) is 3.47. The summed E-state index contributed by atoms with van der Waals surface area (Å²) >= 11 is 5.83. The average Bonchev–Trinajstić information content (AvgIpc) is 2.81. The second kappa shape index (κ2) is 5.08. The molecule has 98 valence electrons. The summed E-state index contributed by atoms with van der Waals surface area (Å²) in [6, 6.07) is 5.87. The van der Waals surface area contributed by atoms with Crippen LogP contribution in [0.1, 0.15) is 37.7 Å². The average molecular weight is 268 g/mol. The smallest absolute Gasteiger partial charge is 0.125 e. The molecule has 2 unspecified atom stereocenters. The van der Waals surface area contributed by atoms with Crippen LogP contribution in [0.25, 0.3) is 0 Å². The van der Waals surface area contributed by atoms with E-state index in [9.17, 15) is 4.39 Å². The van der Waals surface area contributed by atoms with Gasteiger partial charge in [-0.25, -0.2) is 4.39 Å². The van der Waals surface area contributed by atoms with E-state index in [0.717, 1.165) is 23.7 Å². The standard InChI is InChI=1S/C15H19ClFN/c16-10-11-7-13(17)9-14(8-11)18-6-5-12-3-1-2-4-15(12)18/h7-9,12,15H,1-6,10H2. The summed E-state index contributed by atoms with van der Waals surface area (Å²) in [5.41, 5.74) is 1.91. The molecule has 1 aromatic rings. The molecule has 1 aliphatic carbocycles. The first-order valence-corrected chi connectivity index (χ1v) is 7.43. The maximum atomic E-state index is 13.6. The van der Waals surface area contributed by atoms with Gasteiger partial charge in [-0.05, 0) is 48.9 Å². The number of benzene rings is 1. The SMILES string of the molecule is Fc1cc(CCl)cc(N2CCC3CCCCC32)c1. The molecule has 0 aromatic heterocycles. The van der Waals surface area contributed by atoms with Gasteiger partial charge in [0.1, 0.15) is 5.82 Å². The molecule has 3 rings (SSSR count). The molecule has 2 atom stereocenters. The Morgan fingerprint density at radius 3 is 2.83 bits per heavy atom. The third kappa shape index (κ3) is 2.23. The Morgan fingerprint density at radius 2 is 2.00 bits per heavy atom. The van der Waals surface area contributed by atoms with Gasteiger partial charge in [-0.3, -0.25) is 0 Å². The second-order valence-corrected chi connectivity index (χ2v) is 5.81. The second-order valence-electron chi connectivity index (χ2n) is 5.55. The highest BCUT2D eigenvalue weighted by molar-refractivity contribution is 6.17. The number of alkyl halides is 1. The monoisotopic (exact) mass is 267 g/mol. The fraction of sp³-hybridized carbons (Fsp3) is 0.600. The van der Waals surface area contributed by atoms with Crippen LogP contribution in [0.15, 0.2) is 18.2 Å². The largest absolute Gasteiger partial charge is 0.368 e. The summed E-state index contributed by atoms with van der Waals surface area (Å²) in [6.07, 6.45) is 6.55. The lowest BCUT2D eigenvalue weighted by Gasteiger charge is -2.33. The molecule has 2 fully saturated rings. The molecule has 1 nitrogen and oxygen atoms in total. The highest BCUT2D eigenvalue weighted by Crippen LogP contribution is 2.39. The van der Waals surface area contributed by atoms with Crippen molar-refractivity contribution in [1.29, 1.82) is 0 Å². The molecule has 18 heavy (non-hydrogen) atoms. The lowest BCUT2D eigenvalue weighted by Crippen LogP contribution is -2.34. The minimum atomic E-state index is -0.164. The predicted molar refractivity (Wildman–Crippen MR) is 73.7 cm³/mol. The van der Waals surface area contributed by atoms with Gasteiger partial charge in [-0.1, -0.05) is 12.8 Å². The fourth-order valence-corrected chi connectivity index (χ4v) is 3.76. The van der Waals surface area contributed by atoms with E-state index in [2.05, 4.69) is 4.90 Å². The highest BCUT2D eigenvalue weighted by Gasteiger charge is 2.35. The molecule has 0 bridgehead atoms. The zero-order chi connectivity index (χ0) is 12.5. The summed E-state index contributed by atoms with van der Waals surface area (Å²) in [7, 11) is 0. The Hall–Kier alpha value is -0.760. The highest BCUT2D eigenvalue weighted by atomic mass is 35.5. The Bertz CT molecular complexity index is 435. The van der Waals surface area contributed by atoms with Crippen molar-refractivity contribution in [2.24, 2.45) is 5.92 Å². The molecule has 1 heterocycles. The third-order valence-corrected chi connectivity index (χ3v) is 4.75. The quantitative estimate of drug-likeness (QED) is 0.721. The van der Waals surface area contributed by atoms with Gasteiger partial charge in [-0.15, -0.1) is 11.6 Å². The third-order valence-electron chi connectivity index (χ3n) is 4.44. The van der Waals surface area contributed by atoms with Gasteiger partial charge < -0.3 is 4.90 Å². The molecule has 1 saturated heterocycles. The zero-order valence-corrected chi connectivity index (χ0v) is 11.3. The topological polar surface area (TPSA) is 3.24 Å². The molecule has 1 aromatic carbocycles. The first-order chi connectivity index (χ1) is 8.78. The number of rotatable bonds is 2. The van der Waals surface area contributed by atoms with E-state index >= 15 is 0 Å². The van der Waals surface area contributed by atoms with Gasteiger partial charge in [0.05, 0.1) is 0 Å². The van der Waals surface area contributed by atoms with Crippen LogP contribution < -0.4 is 4.90 Å². The minimum absolute atomic E-state index is 0.164. The lowest BCUT2D eigenvalue weighted by atomic mass is 9.85. The van der Waals surface area contributed by atoms with Gasteiger partial charge >= 0.3 is 0 Å². The summed E-state index contributed by atoms with van der Waals surface area (Å²) in [4.78, 5) is 2.41. The van der Waals surface area contributed by atoms with Crippen LogP contribution in [-0.4, -0.2) is 12.6 Å². The van der Waals surface area contributed by atoms with Crippen LogP contribution in [0.4, 0.5) is 10.1 Å². The molecular formula is C15H19ClFN. The van der Waals surface area contributed by atoms with Crippen molar-refractivity contribution < 1.29 is 4.39 Å². The van der Waals surface area contributed by atoms with E-state index in [-0.39, 0.29) is 5.82 Å². The van der Waals surface area contributed by atoms with Gasteiger partial charge in [0.15, 0.2) is 0 Å². The molecular weight excluding hydrogens is 249 g/mol. The Balaban J connectivity index is 1.88. The number of hydrogen-bond donors (Lipinski definition) is 0. The van der Waals surface area contributed by atoms with Crippen molar-refractivity contribution in [2.75, 3.05) is 11.4 Å². The van der Waals surface area contributed by atoms with E-state index in [0.29, 0.717) is 11.9 Å². The first kappa shape index (κ1) is 12.3. The summed E-state index contributed by atoms with van der Waals surface area (Å²) in [6.45, 7) is 1.07. The zero-order valence-electron chi connectivity index (χ0n) is 10.5. The minimum Gasteiger partial charge on any atom is -0.368 e. The van der Waals surface area contributed by atoms with Crippen LogP contribution in [0.2, 0.25) is 0 Å². The van der Waals surface area contributed by atoms with Crippen LogP contribution in [0.3, 0.4) is 0 Å². The lowest BCUT2D eigenvalue weighted by molar-refractivity contribution is 0.342. The van der Waals surface area contributed by atoms with Gasteiger partial charge in [0.25, 0.3) is 0 Å². The Morgan fingerprint density at radius 1 is 1.17 bits per heavy atom. The van der Waals surface area contributed by atoms with Gasteiger partial charge in [0, 0.05) is 24.2 Å². The first-order valence-electron chi connectivity index (χ1n) is 6.90. The molecule has 0 spiro atoms. The van der Waals surface area contributed by atoms with E-state index in [1.807, 2.05) is 6.07 Å². The van der Waals surface area contributed by atoms with E-state index in [4.69, 9.17) is 11.6 Å². The Labute approximate surface area is 113 Å². The normalized spacial score (nSPS) is 27.3. The maximum absolute atomic E-state index is 13.6. The van der Waals surface area contributed by atoms with Crippen molar-refractivity contribution in [1.82, 2.24) is 0 Å². The van der Waals surface area contributed by atoms with Gasteiger partial charge in [-0.2, -0.15) is 0 Å². The van der Waals surface area contributed by atoms with Crippen molar-refractivity contribution in [3.63, 3.8) is 0 Å². The van der Waals surface area contributed by atoms with Gasteiger partial charge in [0.2, 0.25) is 0 Å². The van der Waals surface area contributed by atoms with E-state index in [1.54, 1.807) is 6.07 Å². The van der Waals surface area contributed by atoms with Crippen LogP contribution >= 0.6 is 11.6 Å². The summed E-state index contributed by atoms with van der Waals surface area (Å²) in [5, 5.41) is 0. The molecule has 1 saturated carbocycles. The van der Waals surface area contributed by atoms with E-state index in [1.165, 1.54) is 38.2 Å². The van der Waals surface area contributed by atoms with Crippen molar-refractivity contribution >= 4 is 17.3 Å².